The number of nitrogens with zero attached hydrogens (tertiary/aromatic N) is 2. The molecule has 4 nitrogen and oxygen atoms in total. The van der Waals surface area contributed by atoms with E-state index in [1.807, 2.05) is 4.90 Å². The van der Waals surface area contributed by atoms with Gasteiger partial charge in [-0.2, -0.15) is 0 Å². The molecule has 5 heteroatoms. The number of carbonyl (C=O) groups is 1. The van der Waals surface area contributed by atoms with Crippen LogP contribution in [0.25, 0.3) is 0 Å². The quantitative estimate of drug-likeness (QED) is 0.778. The summed E-state index contributed by atoms with van der Waals surface area (Å²) in [5, 5.41) is 0. The van der Waals surface area contributed by atoms with Gasteiger partial charge in [0.15, 0.2) is 0 Å². The summed E-state index contributed by atoms with van der Waals surface area (Å²) >= 11 is 5.03. The standard InChI is InChI=1S/C14H25N3OS/c15-13(19)10-17(12-6-2-3-7-12)11-14(18)16-8-4-1-5-9-16/h12H,1-11H2,(H2,15,19). The van der Waals surface area contributed by atoms with Crippen molar-refractivity contribution in [2.45, 2.75) is 51.0 Å². The van der Waals surface area contributed by atoms with Crippen LogP contribution in [0.2, 0.25) is 0 Å². The molecule has 2 rings (SSSR count). The lowest BCUT2D eigenvalue weighted by atomic mass is 10.1. The zero-order valence-electron chi connectivity index (χ0n) is 11.6. The second-order valence-corrected chi connectivity index (χ2v) is 6.28. The van der Waals surface area contributed by atoms with Crippen LogP contribution in [-0.4, -0.2) is 52.9 Å². The molecule has 1 aliphatic heterocycles. The molecule has 0 spiro atoms. The van der Waals surface area contributed by atoms with Crippen molar-refractivity contribution in [1.82, 2.24) is 9.80 Å². The predicted octanol–water partition coefficient (Wildman–Crippen LogP) is 1.53. The van der Waals surface area contributed by atoms with Gasteiger partial charge < -0.3 is 10.6 Å². The van der Waals surface area contributed by atoms with Crippen LogP contribution in [0.3, 0.4) is 0 Å². The van der Waals surface area contributed by atoms with Crippen LogP contribution in [0, 0.1) is 0 Å². The molecule has 1 saturated carbocycles. The number of likely N-dealkylation sites (tertiary alicyclic amines) is 1. The van der Waals surface area contributed by atoms with Crippen LogP contribution in [0.15, 0.2) is 0 Å². The van der Waals surface area contributed by atoms with Crippen LogP contribution in [0.4, 0.5) is 0 Å². The van der Waals surface area contributed by atoms with Gasteiger partial charge in [0.2, 0.25) is 5.91 Å². The van der Waals surface area contributed by atoms with E-state index in [0.717, 1.165) is 25.9 Å². The van der Waals surface area contributed by atoms with E-state index in [2.05, 4.69) is 4.90 Å². The zero-order valence-corrected chi connectivity index (χ0v) is 12.5. The fraction of sp³-hybridized carbons (Fsp3) is 0.857. The Morgan fingerprint density at radius 1 is 1.11 bits per heavy atom. The summed E-state index contributed by atoms with van der Waals surface area (Å²) in [7, 11) is 0. The Morgan fingerprint density at radius 2 is 1.74 bits per heavy atom. The Morgan fingerprint density at radius 3 is 2.32 bits per heavy atom. The molecule has 0 radical (unpaired) electrons. The van der Waals surface area contributed by atoms with Gasteiger partial charge in [0.25, 0.3) is 0 Å². The van der Waals surface area contributed by atoms with Crippen molar-refractivity contribution in [2.75, 3.05) is 26.2 Å². The van der Waals surface area contributed by atoms with Gasteiger partial charge >= 0.3 is 0 Å². The van der Waals surface area contributed by atoms with Gasteiger partial charge in [-0.3, -0.25) is 9.69 Å². The third kappa shape index (κ3) is 4.42. The minimum atomic E-state index is 0.253. The highest BCUT2D eigenvalue weighted by molar-refractivity contribution is 7.80. The van der Waals surface area contributed by atoms with Gasteiger partial charge in [0.1, 0.15) is 0 Å². The zero-order chi connectivity index (χ0) is 13.7. The summed E-state index contributed by atoms with van der Waals surface area (Å²) in [6.07, 6.45) is 8.41. The SMILES string of the molecule is NC(=S)CN(CC(=O)N1CCCCC1)C1CCCC1. The smallest absolute Gasteiger partial charge is 0.236 e. The lowest BCUT2D eigenvalue weighted by molar-refractivity contribution is -0.133. The summed E-state index contributed by atoms with van der Waals surface area (Å²) in [5.41, 5.74) is 5.68. The molecule has 2 N–H and O–H groups in total. The monoisotopic (exact) mass is 283 g/mol. The van der Waals surface area contributed by atoms with Gasteiger partial charge in [-0.15, -0.1) is 0 Å². The fourth-order valence-electron chi connectivity index (χ4n) is 3.20. The third-order valence-electron chi connectivity index (χ3n) is 4.25. The molecule has 0 atom stereocenters. The third-order valence-corrected chi connectivity index (χ3v) is 4.38. The maximum absolute atomic E-state index is 12.3. The fourth-order valence-corrected chi connectivity index (χ4v) is 3.37. The first-order valence-corrected chi connectivity index (χ1v) is 7.88. The average Bonchev–Trinajstić information content (AvgIpc) is 2.92. The Bertz CT molecular complexity index is 323. The van der Waals surface area contributed by atoms with Crippen LogP contribution < -0.4 is 5.73 Å². The lowest BCUT2D eigenvalue weighted by Gasteiger charge is -2.32. The van der Waals surface area contributed by atoms with Gasteiger partial charge in [0, 0.05) is 25.7 Å². The van der Waals surface area contributed by atoms with Crippen LogP contribution in [-0.2, 0) is 4.79 Å². The summed E-state index contributed by atoms with van der Waals surface area (Å²) in [6, 6.07) is 0.496. The Labute approximate surface area is 121 Å². The number of hydrogen-bond donors (Lipinski definition) is 1. The minimum absolute atomic E-state index is 0.253. The molecule has 1 amide bonds. The maximum atomic E-state index is 12.3. The molecule has 0 aromatic carbocycles. The summed E-state index contributed by atoms with van der Waals surface area (Å²) in [6.45, 7) is 2.91. The Kier molecular flexibility index (Phi) is 5.58. The molecule has 1 heterocycles. The molecule has 0 aromatic rings. The Balaban J connectivity index is 1.90. The largest absolute Gasteiger partial charge is 0.392 e. The second-order valence-electron chi connectivity index (χ2n) is 5.75. The number of piperidine rings is 1. The molecule has 0 bridgehead atoms. The van der Waals surface area contributed by atoms with Crippen molar-refractivity contribution in [3.63, 3.8) is 0 Å². The molecular weight excluding hydrogens is 258 g/mol. The van der Waals surface area contributed by atoms with Crippen molar-refractivity contribution in [2.24, 2.45) is 5.73 Å². The van der Waals surface area contributed by atoms with E-state index in [4.69, 9.17) is 18.0 Å². The second kappa shape index (κ2) is 7.20. The highest BCUT2D eigenvalue weighted by Gasteiger charge is 2.26. The van der Waals surface area contributed by atoms with E-state index < -0.39 is 0 Å². The maximum Gasteiger partial charge on any atom is 0.236 e. The van der Waals surface area contributed by atoms with Gasteiger partial charge in [-0.1, -0.05) is 25.1 Å². The van der Waals surface area contributed by atoms with Crippen LogP contribution >= 0.6 is 12.2 Å². The van der Waals surface area contributed by atoms with E-state index in [-0.39, 0.29) is 5.91 Å². The first-order chi connectivity index (χ1) is 9.16. The lowest BCUT2D eigenvalue weighted by Crippen LogP contribution is -2.47. The summed E-state index contributed by atoms with van der Waals surface area (Å²) < 4.78 is 0. The summed E-state index contributed by atoms with van der Waals surface area (Å²) in [4.78, 5) is 17.1. The molecule has 108 valence electrons. The van der Waals surface area contributed by atoms with Crippen LogP contribution in [0.1, 0.15) is 44.9 Å². The summed E-state index contributed by atoms with van der Waals surface area (Å²) in [5.74, 6) is 0.253. The number of amides is 1. The molecule has 2 aliphatic rings. The van der Waals surface area contributed by atoms with Crippen molar-refractivity contribution < 1.29 is 4.79 Å². The first-order valence-electron chi connectivity index (χ1n) is 7.47. The number of hydrogen-bond acceptors (Lipinski definition) is 3. The Hall–Kier alpha value is -0.680. The molecule has 2 fully saturated rings. The predicted molar refractivity (Wildman–Crippen MR) is 81.0 cm³/mol. The molecule has 19 heavy (non-hydrogen) atoms. The van der Waals surface area contributed by atoms with Crippen molar-refractivity contribution in [1.29, 1.82) is 0 Å². The van der Waals surface area contributed by atoms with Crippen molar-refractivity contribution in [3.05, 3.63) is 0 Å². The number of nitrogens with two attached hydrogens (primary N) is 1. The average molecular weight is 283 g/mol. The van der Waals surface area contributed by atoms with E-state index in [9.17, 15) is 4.79 Å². The molecule has 0 unspecified atom stereocenters. The van der Waals surface area contributed by atoms with Gasteiger partial charge in [-0.25, -0.2) is 0 Å². The highest BCUT2D eigenvalue weighted by Crippen LogP contribution is 2.23. The van der Waals surface area contributed by atoms with Crippen LogP contribution in [0.5, 0.6) is 0 Å². The molecule has 1 aliphatic carbocycles. The minimum Gasteiger partial charge on any atom is -0.392 e. The molecule has 0 aromatic heterocycles. The number of rotatable bonds is 5. The number of carbonyl (C=O) groups excluding carboxylic acids is 1. The van der Waals surface area contributed by atoms with Gasteiger partial charge in [-0.05, 0) is 32.1 Å². The number of thiocarbonyl (C=S) groups is 1. The van der Waals surface area contributed by atoms with E-state index in [1.54, 1.807) is 0 Å². The first kappa shape index (κ1) is 14.7. The normalized spacial score (nSPS) is 21.0. The van der Waals surface area contributed by atoms with Crippen molar-refractivity contribution >= 4 is 23.1 Å². The van der Waals surface area contributed by atoms with Gasteiger partial charge in [0.05, 0.1) is 11.5 Å². The van der Waals surface area contributed by atoms with E-state index in [0.29, 0.717) is 24.1 Å². The topological polar surface area (TPSA) is 49.6 Å². The highest BCUT2D eigenvalue weighted by atomic mass is 32.1. The van der Waals surface area contributed by atoms with E-state index in [1.165, 1.54) is 32.1 Å². The van der Waals surface area contributed by atoms with E-state index >= 15 is 0 Å². The molecule has 1 saturated heterocycles. The van der Waals surface area contributed by atoms with Crippen molar-refractivity contribution in [3.8, 4) is 0 Å². The molecular formula is C14H25N3OS.